The lowest BCUT2D eigenvalue weighted by molar-refractivity contribution is -0.129. The molecule has 0 fully saturated rings. The van der Waals surface area contributed by atoms with Gasteiger partial charge in [0.05, 0.1) is 12.5 Å². The number of aliphatic imine (C=N–C) groups is 1. The summed E-state index contributed by atoms with van der Waals surface area (Å²) in [5.41, 5.74) is 4.83. The first-order chi connectivity index (χ1) is 16.9. The predicted octanol–water partition coefficient (Wildman–Crippen LogP) is 3.28. The molecule has 0 saturated carbocycles. The molecule has 1 aliphatic rings. The van der Waals surface area contributed by atoms with Crippen LogP contribution in [-0.4, -0.2) is 50.1 Å². The lowest BCUT2D eigenvalue weighted by Gasteiger charge is -2.27. The predicted molar refractivity (Wildman–Crippen MR) is 131 cm³/mol. The molecule has 0 saturated heterocycles. The van der Waals surface area contributed by atoms with Crippen LogP contribution in [0.15, 0.2) is 65.9 Å². The Balaban J connectivity index is 0.00000380. The minimum absolute atomic E-state index is 0. The van der Waals surface area contributed by atoms with Gasteiger partial charge in [-0.2, -0.15) is 17.2 Å². The molecular formula is C23H20ClF3N4O5S. The normalized spacial score (nSPS) is 17.4. The average Bonchev–Trinajstić information content (AvgIpc) is 3.03. The zero-order valence-electron chi connectivity index (χ0n) is 19.3. The molecule has 1 amide bonds. The van der Waals surface area contributed by atoms with Crippen LogP contribution in [0.4, 0.5) is 13.2 Å². The van der Waals surface area contributed by atoms with Crippen LogP contribution in [0.1, 0.15) is 11.1 Å². The molecule has 0 bridgehead atoms. The maximum absolute atomic E-state index is 14.9. The van der Waals surface area contributed by atoms with Crippen molar-refractivity contribution < 1.29 is 35.3 Å². The zero-order chi connectivity index (χ0) is 26.3. The molecule has 2 N–H and O–H groups in total. The summed E-state index contributed by atoms with van der Waals surface area (Å²) in [6.07, 6.45) is 3.30. The quantitative estimate of drug-likeness (QED) is 0.443. The van der Waals surface area contributed by atoms with E-state index in [4.69, 9.17) is 9.92 Å². The topological polar surface area (TPSA) is 124 Å². The van der Waals surface area contributed by atoms with Gasteiger partial charge in [0.1, 0.15) is 11.6 Å². The molecule has 0 radical (unpaired) electrons. The maximum atomic E-state index is 14.9. The third-order valence-corrected chi connectivity index (χ3v) is 5.89. The summed E-state index contributed by atoms with van der Waals surface area (Å²) in [5, 5.41) is 0. The molecule has 196 valence electrons. The fourth-order valence-corrected chi connectivity index (χ4v) is 4.26. The number of halogens is 4. The van der Waals surface area contributed by atoms with E-state index in [0.29, 0.717) is 0 Å². The third-order valence-electron chi connectivity index (χ3n) is 5.39. The number of alkyl halides is 2. The van der Waals surface area contributed by atoms with Gasteiger partial charge in [0.2, 0.25) is 0 Å². The Morgan fingerprint density at radius 1 is 1.03 bits per heavy atom. The number of nitrogens with two attached hydrogens (primary N) is 1. The molecule has 1 aromatic heterocycles. The number of nitrogens with zero attached hydrogens (tertiary/aromatic N) is 3. The molecule has 1 atom stereocenters. The number of pyridine rings is 1. The molecule has 1 aliphatic heterocycles. The second-order valence-corrected chi connectivity index (χ2v) is 9.41. The fourth-order valence-electron chi connectivity index (χ4n) is 3.82. The summed E-state index contributed by atoms with van der Waals surface area (Å²) in [6.45, 7) is -3.03. The number of hydrogen-bond donors (Lipinski definition) is 1. The highest BCUT2D eigenvalue weighted by Crippen LogP contribution is 2.41. The Bertz CT molecular complexity index is 1470. The van der Waals surface area contributed by atoms with E-state index in [1.54, 1.807) is 0 Å². The third kappa shape index (κ3) is 5.47. The van der Waals surface area contributed by atoms with Gasteiger partial charge < -0.3 is 14.7 Å². The molecule has 2 heterocycles. The molecule has 37 heavy (non-hydrogen) atoms. The number of hydrogen-bond acceptors (Lipinski definition) is 8. The number of guanidine groups is 1. The van der Waals surface area contributed by atoms with Gasteiger partial charge in [0, 0.05) is 24.4 Å². The molecule has 0 spiro atoms. The van der Waals surface area contributed by atoms with Gasteiger partial charge in [-0.25, -0.2) is 9.38 Å². The Labute approximate surface area is 216 Å². The highest BCUT2D eigenvalue weighted by atomic mass is 35.5. The van der Waals surface area contributed by atoms with E-state index in [2.05, 4.69) is 14.7 Å². The molecule has 14 heteroatoms. The van der Waals surface area contributed by atoms with E-state index in [9.17, 15) is 26.4 Å². The van der Waals surface area contributed by atoms with Crippen LogP contribution in [-0.2, 0) is 20.5 Å². The summed E-state index contributed by atoms with van der Waals surface area (Å²) < 4.78 is 72.3. The van der Waals surface area contributed by atoms with Crippen molar-refractivity contribution >= 4 is 34.4 Å². The van der Waals surface area contributed by atoms with Gasteiger partial charge in [0.15, 0.2) is 17.2 Å². The lowest BCUT2D eigenvalue weighted by atomic mass is 9.81. The zero-order valence-corrected chi connectivity index (χ0v) is 20.9. The average molecular weight is 557 g/mol. The SMILES string of the molecule is CN1C(=O)C(c2ccc(OC(F)F)cc2)(c2ccc(F)c(-c3cncc(OS(C)(=O)=O)c3)c2)N=C1N.Cl. The van der Waals surface area contributed by atoms with Crippen molar-refractivity contribution in [3.8, 4) is 22.6 Å². The number of ether oxygens (including phenoxy) is 1. The van der Waals surface area contributed by atoms with Crippen molar-refractivity contribution in [3.63, 3.8) is 0 Å². The van der Waals surface area contributed by atoms with Gasteiger partial charge in [-0.15, -0.1) is 12.4 Å². The molecule has 0 aliphatic carbocycles. The Kier molecular flexibility index (Phi) is 7.70. The summed E-state index contributed by atoms with van der Waals surface area (Å²) in [6, 6.07) is 10.4. The van der Waals surface area contributed by atoms with Crippen molar-refractivity contribution in [2.75, 3.05) is 13.3 Å². The molecule has 2 aromatic carbocycles. The second-order valence-electron chi connectivity index (χ2n) is 7.84. The van der Waals surface area contributed by atoms with Crippen molar-refractivity contribution in [1.29, 1.82) is 0 Å². The fraction of sp³-hybridized carbons (Fsp3) is 0.174. The number of likely N-dealkylation sites (N-methyl/N-ethyl adjacent to an activating group) is 1. The summed E-state index contributed by atoms with van der Waals surface area (Å²) in [4.78, 5) is 22.8. The summed E-state index contributed by atoms with van der Waals surface area (Å²) in [5.74, 6) is -1.63. The van der Waals surface area contributed by atoms with Crippen molar-refractivity contribution in [2.24, 2.45) is 10.7 Å². The molecule has 9 nitrogen and oxygen atoms in total. The van der Waals surface area contributed by atoms with Crippen LogP contribution in [0.2, 0.25) is 0 Å². The number of carbonyl (C=O) groups excluding carboxylic acids is 1. The number of rotatable bonds is 7. The number of amides is 1. The minimum Gasteiger partial charge on any atom is -0.435 e. The first kappa shape index (κ1) is 27.7. The van der Waals surface area contributed by atoms with Gasteiger partial charge in [-0.05, 0) is 41.5 Å². The molecule has 3 aromatic rings. The maximum Gasteiger partial charge on any atom is 0.387 e. The lowest BCUT2D eigenvalue weighted by Crippen LogP contribution is -2.41. The Morgan fingerprint density at radius 2 is 1.68 bits per heavy atom. The second kappa shape index (κ2) is 10.3. The Morgan fingerprint density at radius 3 is 2.24 bits per heavy atom. The first-order valence-electron chi connectivity index (χ1n) is 10.2. The number of aromatic nitrogens is 1. The van der Waals surface area contributed by atoms with E-state index >= 15 is 0 Å². The summed E-state index contributed by atoms with van der Waals surface area (Å²) >= 11 is 0. The van der Waals surface area contributed by atoms with Crippen LogP contribution in [0.5, 0.6) is 11.5 Å². The smallest absolute Gasteiger partial charge is 0.387 e. The molecule has 4 rings (SSSR count). The molecular weight excluding hydrogens is 537 g/mol. The van der Waals surface area contributed by atoms with Crippen LogP contribution in [0, 0.1) is 5.82 Å². The van der Waals surface area contributed by atoms with E-state index in [-0.39, 0.29) is 52.1 Å². The van der Waals surface area contributed by atoms with Crippen molar-refractivity contribution in [3.05, 3.63) is 77.9 Å². The largest absolute Gasteiger partial charge is 0.435 e. The molecule has 1 unspecified atom stereocenters. The standard InChI is InChI=1S/C23H19F3N4O5S.ClH/c1-30-20(31)23(29-22(30)27,14-3-6-16(7-4-14)34-21(25)26)15-5-8-19(24)18(10-15)13-9-17(12-28-11-13)35-36(2,32)33;/h3-12,21H,1-2H3,(H2,27,29);1H. The summed E-state index contributed by atoms with van der Waals surface area (Å²) in [7, 11) is -2.44. The van der Waals surface area contributed by atoms with Crippen LogP contribution in [0.3, 0.4) is 0 Å². The van der Waals surface area contributed by atoms with E-state index in [1.807, 2.05) is 0 Å². The van der Waals surface area contributed by atoms with E-state index in [1.165, 1.54) is 55.7 Å². The van der Waals surface area contributed by atoms with Crippen LogP contribution >= 0.6 is 12.4 Å². The first-order valence-corrected chi connectivity index (χ1v) is 12.1. The Hall–Kier alpha value is -3.84. The van der Waals surface area contributed by atoms with Crippen molar-refractivity contribution in [1.82, 2.24) is 9.88 Å². The number of carbonyl (C=O) groups is 1. The van der Waals surface area contributed by atoms with Gasteiger partial charge >= 0.3 is 16.7 Å². The van der Waals surface area contributed by atoms with E-state index < -0.39 is 34.0 Å². The minimum atomic E-state index is -3.86. The monoisotopic (exact) mass is 556 g/mol. The highest BCUT2D eigenvalue weighted by molar-refractivity contribution is 7.86. The van der Waals surface area contributed by atoms with Gasteiger partial charge in [0.25, 0.3) is 5.91 Å². The van der Waals surface area contributed by atoms with Crippen LogP contribution in [0.25, 0.3) is 11.1 Å². The van der Waals surface area contributed by atoms with Crippen molar-refractivity contribution in [2.45, 2.75) is 12.2 Å². The van der Waals surface area contributed by atoms with E-state index in [0.717, 1.165) is 23.4 Å². The van der Waals surface area contributed by atoms with Gasteiger partial charge in [-0.1, -0.05) is 18.2 Å². The highest BCUT2D eigenvalue weighted by Gasteiger charge is 2.49. The number of benzene rings is 2. The van der Waals surface area contributed by atoms with Crippen LogP contribution < -0.4 is 14.7 Å². The van der Waals surface area contributed by atoms with Gasteiger partial charge in [-0.3, -0.25) is 14.7 Å².